The largest absolute Gasteiger partial charge is 0.371 e. The van der Waals surface area contributed by atoms with E-state index in [0.717, 1.165) is 25.2 Å². The molecule has 0 unspecified atom stereocenters. The van der Waals surface area contributed by atoms with Crippen LogP contribution < -0.4 is 10.2 Å². The lowest BCUT2D eigenvalue weighted by Gasteiger charge is -2.21. The van der Waals surface area contributed by atoms with Crippen LogP contribution in [0, 0.1) is 0 Å². The molecule has 0 amide bonds. The Kier molecular flexibility index (Phi) is 4.85. The minimum absolute atomic E-state index is 0.930. The Morgan fingerprint density at radius 3 is 2.62 bits per heavy atom. The molecule has 3 heteroatoms. The van der Waals surface area contributed by atoms with Gasteiger partial charge < -0.3 is 10.2 Å². The summed E-state index contributed by atoms with van der Waals surface area (Å²) in [5, 5.41) is 3.55. The van der Waals surface area contributed by atoms with Crippen molar-refractivity contribution in [1.29, 1.82) is 0 Å². The van der Waals surface area contributed by atoms with Gasteiger partial charge in [-0.25, -0.2) is 0 Å². The van der Waals surface area contributed by atoms with E-state index in [-0.39, 0.29) is 0 Å². The molecule has 1 saturated heterocycles. The Hall–Kier alpha value is -1.87. The first-order chi connectivity index (χ1) is 10.4. The molecule has 0 bridgehead atoms. The van der Waals surface area contributed by atoms with Crippen molar-refractivity contribution in [2.24, 2.45) is 0 Å². The number of nitrogens with one attached hydrogen (secondary N) is 1. The molecule has 0 radical (unpaired) electrons. The van der Waals surface area contributed by atoms with Crippen LogP contribution in [0.15, 0.2) is 48.7 Å². The molecule has 1 N–H and O–H groups in total. The third kappa shape index (κ3) is 3.82. The van der Waals surface area contributed by atoms with Crippen LogP contribution in [-0.4, -0.2) is 24.6 Å². The lowest BCUT2D eigenvalue weighted by molar-refractivity contribution is 0.678. The molecule has 3 nitrogen and oxygen atoms in total. The zero-order valence-electron chi connectivity index (χ0n) is 12.5. The molecule has 1 fully saturated rings. The Morgan fingerprint density at radius 2 is 1.81 bits per heavy atom. The van der Waals surface area contributed by atoms with E-state index < -0.39 is 0 Å². The van der Waals surface area contributed by atoms with E-state index in [2.05, 4.69) is 45.5 Å². The number of hydrogen-bond donors (Lipinski definition) is 1. The lowest BCUT2D eigenvalue weighted by atomic mass is 10.1. The normalized spacial score (nSPS) is 14.6. The fourth-order valence-electron chi connectivity index (χ4n) is 2.91. The van der Waals surface area contributed by atoms with E-state index in [4.69, 9.17) is 0 Å². The molecule has 1 aromatic heterocycles. The molecule has 0 atom stereocenters. The molecule has 0 spiro atoms. The molecule has 0 saturated carbocycles. The topological polar surface area (TPSA) is 28.2 Å². The summed E-state index contributed by atoms with van der Waals surface area (Å²) in [4.78, 5) is 6.87. The summed E-state index contributed by atoms with van der Waals surface area (Å²) < 4.78 is 0. The van der Waals surface area contributed by atoms with Gasteiger partial charge in [-0.2, -0.15) is 0 Å². The van der Waals surface area contributed by atoms with Crippen LogP contribution in [-0.2, 0) is 13.0 Å². The van der Waals surface area contributed by atoms with Gasteiger partial charge in [0.25, 0.3) is 0 Å². The third-order valence-electron chi connectivity index (χ3n) is 4.04. The van der Waals surface area contributed by atoms with Gasteiger partial charge in [-0.15, -0.1) is 0 Å². The van der Waals surface area contributed by atoms with Crippen molar-refractivity contribution in [2.75, 3.05) is 24.5 Å². The summed E-state index contributed by atoms with van der Waals surface area (Å²) in [7, 11) is 0. The predicted molar refractivity (Wildman–Crippen MR) is 87.5 cm³/mol. The summed E-state index contributed by atoms with van der Waals surface area (Å²) in [5.41, 5.74) is 3.96. The molecule has 0 aliphatic carbocycles. The van der Waals surface area contributed by atoms with Gasteiger partial charge in [0.2, 0.25) is 0 Å². The predicted octanol–water partition coefficient (Wildman–Crippen LogP) is 3.01. The highest BCUT2D eigenvalue weighted by molar-refractivity contribution is 5.54. The number of hydrogen-bond acceptors (Lipinski definition) is 3. The van der Waals surface area contributed by atoms with Crippen LogP contribution in [0.3, 0.4) is 0 Å². The summed E-state index contributed by atoms with van der Waals surface area (Å²) in [6, 6.07) is 14.9. The molecular weight excluding hydrogens is 258 g/mol. The van der Waals surface area contributed by atoms with Gasteiger partial charge in [0.1, 0.15) is 0 Å². The highest BCUT2D eigenvalue weighted by atomic mass is 15.1. The minimum Gasteiger partial charge on any atom is -0.371 e. The average molecular weight is 281 g/mol. The summed E-state index contributed by atoms with van der Waals surface area (Å²) in [5.74, 6) is 0. The van der Waals surface area contributed by atoms with Crippen LogP contribution in [0.4, 0.5) is 5.69 Å². The fraction of sp³-hybridized carbons (Fsp3) is 0.389. The van der Waals surface area contributed by atoms with E-state index in [1.807, 2.05) is 18.3 Å². The Morgan fingerprint density at radius 1 is 1.00 bits per heavy atom. The van der Waals surface area contributed by atoms with Gasteiger partial charge >= 0.3 is 0 Å². The maximum Gasteiger partial charge on any atom is 0.0416 e. The molecule has 2 aromatic rings. The zero-order chi connectivity index (χ0) is 14.3. The SMILES string of the molecule is c1ccc(CCNCc2ccccc2N2CCCC2)nc1. The number of benzene rings is 1. The molecule has 2 heterocycles. The van der Waals surface area contributed by atoms with Crippen molar-refractivity contribution in [2.45, 2.75) is 25.8 Å². The zero-order valence-corrected chi connectivity index (χ0v) is 12.5. The Balaban J connectivity index is 1.53. The van der Waals surface area contributed by atoms with Gasteiger partial charge in [-0.3, -0.25) is 4.98 Å². The average Bonchev–Trinajstić information content (AvgIpc) is 3.07. The molecular formula is C18H23N3. The van der Waals surface area contributed by atoms with Crippen LogP contribution in [0.2, 0.25) is 0 Å². The lowest BCUT2D eigenvalue weighted by Crippen LogP contribution is -2.22. The Labute approximate surface area is 127 Å². The molecule has 3 rings (SSSR count). The van der Waals surface area contributed by atoms with E-state index in [1.165, 1.54) is 37.2 Å². The minimum atomic E-state index is 0.930. The maximum absolute atomic E-state index is 4.36. The van der Waals surface area contributed by atoms with Gasteiger partial charge in [0, 0.05) is 50.2 Å². The first-order valence-electron chi connectivity index (χ1n) is 7.87. The van der Waals surface area contributed by atoms with Crippen molar-refractivity contribution >= 4 is 5.69 Å². The third-order valence-corrected chi connectivity index (χ3v) is 4.04. The Bertz CT molecular complexity index is 547. The smallest absolute Gasteiger partial charge is 0.0416 e. The monoisotopic (exact) mass is 281 g/mol. The van der Waals surface area contributed by atoms with Gasteiger partial charge in [0.05, 0.1) is 0 Å². The molecule has 1 aliphatic rings. The summed E-state index contributed by atoms with van der Waals surface area (Å²) >= 11 is 0. The summed E-state index contributed by atoms with van der Waals surface area (Å²) in [6.07, 6.45) is 5.48. The highest BCUT2D eigenvalue weighted by Crippen LogP contribution is 2.24. The first-order valence-corrected chi connectivity index (χ1v) is 7.87. The molecule has 1 aromatic carbocycles. The van der Waals surface area contributed by atoms with Crippen molar-refractivity contribution in [3.8, 4) is 0 Å². The van der Waals surface area contributed by atoms with Gasteiger partial charge in [0.15, 0.2) is 0 Å². The number of anilines is 1. The quantitative estimate of drug-likeness (QED) is 0.825. The second kappa shape index (κ2) is 7.23. The second-order valence-electron chi connectivity index (χ2n) is 5.57. The van der Waals surface area contributed by atoms with E-state index in [9.17, 15) is 0 Å². The van der Waals surface area contributed by atoms with Crippen LogP contribution in [0.25, 0.3) is 0 Å². The second-order valence-corrected chi connectivity index (χ2v) is 5.57. The van der Waals surface area contributed by atoms with Crippen LogP contribution in [0.5, 0.6) is 0 Å². The number of nitrogens with zero attached hydrogens (tertiary/aromatic N) is 2. The first kappa shape index (κ1) is 14.1. The van der Waals surface area contributed by atoms with Crippen LogP contribution >= 0.6 is 0 Å². The van der Waals surface area contributed by atoms with Gasteiger partial charge in [-0.05, 0) is 36.6 Å². The van der Waals surface area contributed by atoms with Crippen molar-refractivity contribution in [3.63, 3.8) is 0 Å². The van der Waals surface area contributed by atoms with E-state index >= 15 is 0 Å². The number of rotatable bonds is 6. The highest BCUT2D eigenvalue weighted by Gasteiger charge is 2.14. The van der Waals surface area contributed by atoms with Crippen molar-refractivity contribution < 1.29 is 0 Å². The molecule has 110 valence electrons. The number of pyridine rings is 1. The van der Waals surface area contributed by atoms with Crippen LogP contribution in [0.1, 0.15) is 24.1 Å². The standard InChI is InChI=1S/C18H23N3/c1-2-9-18(21-13-5-6-14-21)16(7-1)15-19-12-10-17-8-3-4-11-20-17/h1-4,7-9,11,19H,5-6,10,12-15H2. The van der Waals surface area contributed by atoms with E-state index in [0.29, 0.717) is 0 Å². The molecule has 21 heavy (non-hydrogen) atoms. The maximum atomic E-state index is 4.36. The van der Waals surface area contributed by atoms with Crippen molar-refractivity contribution in [3.05, 3.63) is 59.9 Å². The van der Waals surface area contributed by atoms with E-state index in [1.54, 1.807) is 0 Å². The number of aromatic nitrogens is 1. The van der Waals surface area contributed by atoms with Crippen molar-refractivity contribution in [1.82, 2.24) is 10.3 Å². The summed E-state index contributed by atoms with van der Waals surface area (Å²) in [6.45, 7) is 4.29. The molecule has 1 aliphatic heterocycles. The van der Waals surface area contributed by atoms with Gasteiger partial charge in [-0.1, -0.05) is 24.3 Å². The number of para-hydroxylation sites is 1. The fourth-order valence-corrected chi connectivity index (χ4v) is 2.91.